The zero-order valence-corrected chi connectivity index (χ0v) is 10.1. The number of halogens is 1. The third-order valence-electron chi connectivity index (χ3n) is 2.31. The van der Waals surface area contributed by atoms with Gasteiger partial charge in [-0.1, -0.05) is 6.92 Å². The fourth-order valence-corrected chi connectivity index (χ4v) is 1.47. The average molecular weight is 247 g/mol. The van der Waals surface area contributed by atoms with Gasteiger partial charge in [0.2, 0.25) is 5.88 Å². The van der Waals surface area contributed by atoms with Gasteiger partial charge < -0.3 is 10.1 Å². The molecule has 0 atom stereocenters. The maximum atomic E-state index is 13.2. The number of nitrogens with zero attached hydrogens (tertiary/aromatic N) is 2. The van der Waals surface area contributed by atoms with E-state index >= 15 is 0 Å². The van der Waals surface area contributed by atoms with Gasteiger partial charge in [0, 0.05) is 18.3 Å². The van der Waals surface area contributed by atoms with Crippen molar-refractivity contribution in [1.82, 2.24) is 15.3 Å². The van der Waals surface area contributed by atoms with Crippen LogP contribution in [0.2, 0.25) is 0 Å². The highest BCUT2D eigenvalue weighted by atomic mass is 19.1. The fraction of sp³-hybridized carbons (Fsp3) is 0.231. The van der Waals surface area contributed by atoms with Gasteiger partial charge in [0.25, 0.3) is 0 Å². The minimum atomic E-state index is -0.374. The summed E-state index contributed by atoms with van der Waals surface area (Å²) < 4.78 is 18.7. The summed E-state index contributed by atoms with van der Waals surface area (Å²) in [6.07, 6.45) is 4.38. The SMILES string of the molecule is CCNCc1cc(F)cnc1Oc1cccnc1. The molecule has 0 aromatic carbocycles. The lowest BCUT2D eigenvalue weighted by atomic mass is 10.2. The van der Waals surface area contributed by atoms with Crippen molar-refractivity contribution in [2.24, 2.45) is 0 Å². The Hall–Kier alpha value is -2.01. The molecular weight excluding hydrogens is 233 g/mol. The van der Waals surface area contributed by atoms with Crippen LogP contribution in [-0.2, 0) is 6.54 Å². The van der Waals surface area contributed by atoms with E-state index in [1.54, 1.807) is 24.5 Å². The average Bonchev–Trinajstić information content (AvgIpc) is 2.40. The molecule has 0 spiro atoms. The first-order valence-electron chi connectivity index (χ1n) is 5.72. The van der Waals surface area contributed by atoms with E-state index in [0.717, 1.165) is 12.7 Å². The predicted octanol–water partition coefficient (Wildman–Crippen LogP) is 2.52. The number of nitrogens with one attached hydrogen (secondary N) is 1. The Morgan fingerprint density at radius 3 is 3.00 bits per heavy atom. The van der Waals surface area contributed by atoms with Crippen LogP contribution in [0.1, 0.15) is 12.5 Å². The van der Waals surface area contributed by atoms with Crippen LogP contribution in [0.25, 0.3) is 0 Å². The lowest BCUT2D eigenvalue weighted by Crippen LogP contribution is -2.13. The summed E-state index contributed by atoms with van der Waals surface area (Å²) in [5.74, 6) is 0.598. The molecule has 0 unspecified atom stereocenters. The molecule has 1 N–H and O–H groups in total. The van der Waals surface area contributed by atoms with Gasteiger partial charge in [0.15, 0.2) is 0 Å². The summed E-state index contributed by atoms with van der Waals surface area (Å²) in [5.41, 5.74) is 0.681. The van der Waals surface area contributed by atoms with Crippen molar-refractivity contribution >= 4 is 0 Å². The van der Waals surface area contributed by atoms with E-state index in [0.29, 0.717) is 23.7 Å². The third kappa shape index (κ3) is 3.24. The van der Waals surface area contributed by atoms with Gasteiger partial charge in [-0.2, -0.15) is 0 Å². The van der Waals surface area contributed by atoms with Gasteiger partial charge in [-0.3, -0.25) is 4.98 Å². The molecular formula is C13H14FN3O. The Balaban J connectivity index is 2.21. The molecule has 4 nitrogen and oxygen atoms in total. The van der Waals surface area contributed by atoms with Gasteiger partial charge in [-0.05, 0) is 24.7 Å². The van der Waals surface area contributed by atoms with Gasteiger partial charge in [-0.25, -0.2) is 9.37 Å². The zero-order valence-electron chi connectivity index (χ0n) is 10.1. The van der Waals surface area contributed by atoms with Crippen LogP contribution < -0.4 is 10.1 Å². The quantitative estimate of drug-likeness (QED) is 0.882. The molecule has 2 rings (SSSR count). The number of hydrogen-bond acceptors (Lipinski definition) is 4. The van der Waals surface area contributed by atoms with Gasteiger partial charge in [-0.15, -0.1) is 0 Å². The van der Waals surface area contributed by atoms with Crippen molar-refractivity contribution in [3.8, 4) is 11.6 Å². The van der Waals surface area contributed by atoms with Gasteiger partial charge in [0.05, 0.1) is 12.4 Å². The number of rotatable bonds is 5. The first-order chi connectivity index (χ1) is 8.79. The molecule has 0 bridgehead atoms. The van der Waals surface area contributed by atoms with Crippen molar-refractivity contribution in [3.63, 3.8) is 0 Å². The molecule has 0 saturated heterocycles. The van der Waals surface area contributed by atoms with Crippen molar-refractivity contribution in [3.05, 3.63) is 48.2 Å². The van der Waals surface area contributed by atoms with Crippen LogP contribution in [0.4, 0.5) is 4.39 Å². The molecule has 0 aliphatic heterocycles. The Morgan fingerprint density at radius 2 is 2.28 bits per heavy atom. The van der Waals surface area contributed by atoms with E-state index in [-0.39, 0.29) is 5.82 Å². The second-order valence-corrected chi connectivity index (χ2v) is 3.69. The molecule has 94 valence electrons. The molecule has 0 saturated carbocycles. The van der Waals surface area contributed by atoms with Crippen molar-refractivity contribution in [1.29, 1.82) is 0 Å². The Labute approximate surface area is 105 Å². The molecule has 2 aromatic heterocycles. The zero-order chi connectivity index (χ0) is 12.8. The highest BCUT2D eigenvalue weighted by Crippen LogP contribution is 2.22. The van der Waals surface area contributed by atoms with Gasteiger partial charge in [0.1, 0.15) is 11.6 Å². The highest BCUT2D eigenvalue weighted by Gasteiger charge is 2.08. The van der Waals surface area contributed by atoms with E-state index in [2.05, 4.69) is 15.3 Å². The number of aromatic nitrogens is 2. The third-order valence-corrected chi connectivity index (χ3v) is 2.31. The molecule has 0 radical (unpaired) electrons. The summed E-state index contributed by atoms with van der Waals surface area (Å²) >= 11 is 0. The minimum absolute atomic E-state index is 0.374. The van der Waals surface area contributed by atoms with Gasteiger partial charge >= 0.3 is 0 Å². The van der Waals surface area contributed by atoms with Crippen LogP contribution in [-0.4, -0.2) is 16.5 Å². The molecule has 2 aromatic rings. The monoisotopic (exact) mass is 247 g/mol. The minimum Gasteiger partial charge on any atom is -0.437 e. The fourth-order valence-electron chi connectivity index (χ4n) is 1.47. The Morgan fingerprint density at radius 1 is 1.39 bits per heavy atom. The summed E-state index contributed by atoms with van der Waals surface area (Å²) in [5, 5.41) is 3.12. The molecule has 5 heteroatoms. The number of pyridine rings is 2. The lowest BCUT2D eigenvalue weighted by Gasteiger charge is -2.10. The van der Waals surface area contributed by atoms with E-state index in [9.17, 15) is 4.39 Å². The van der Waals surface area contributed by atoms with Crippen LogP contribution in [0.15, 0.2) is 36.8 Å². The van der Waals surface area contributed by atoms with E-state index in [1.807, 2.05) is 6.92 Å². The van der Waals surface area contributed by atoms with Crippen molar-refractivity contribution in [2.75, 3.05) is 6.54 Å². The van der Waals surface area contributed by atoms with E-state index < -0.39 is 0 Å². The first kappa shape index (κ1) is 12.4. The maximum Gasteiger partial charge on any atom is 0.223 e. The van der Waals surface area contributed by atoms with Crippen molar-refractivity contribution in [2.45, 2.75) is 13.5 Å². The largest absolute Gasteiger partial charge is 0.437 e. The molecule has 18 heavy (non-hydrogen) atoms. The standard InChI is InChI=1S/C13H14FN3O/c1-2-15-7-10-6-11(14)8-17-13(10)18-12-4-3-5-16-9-12/h3-6,8-9,15H,2,7H2,1H3. The molecule has 0 aliphatic rings. The first-order valence-corrected chi connectivity index (χ1v) is 5.72. The predicted molar refractivity (Wildman–Crippen MR) is 65.9 cm³/mol. The topological polar surface area (TPSA) is 47.0 Å². The second-order valence-electron chi connectivity index (χ2n) is 3.69. The molecule has 0 amide bonds. The van der Waals surface area contributed by atoms with Crippen LogP contribution in [0.3, 0.4) is 0 Å². The smallest absolute Gasteiger partial charge is 0.223 e. The normalized spacial score (nSPS) is 10.3. The summed E-state index contributed by atoms with van der Waals surface area (Å²) in [6.45, 7) is 3.29. The van der Waals surface area contributed by atoms with Crippen LogP contribution in [0.5, 0.6) is 11.6 Å². The molecule has 0 aliphatic carbocycles. The van der Waals surface area contributed by atoms with Crippen LogP contribution in [0, 0.1) is 5.82 Å². The highest BCUT2D eigenvalue weighted by molar-refractivity contribution is 5.31. The second kappa shape index (κ2) is 6.07. The number of hydrogen-bond donors (Lipinski definition) is 1. The molecule has 0 fully saturated rings. The maximum absolute atomic E-state index is 13.2. The summed E-state index contributed by atoms with van der Waals surface area (Å²) in [7, 11) is 0. The lowest BCUT2D eigenvalue weighted by molar-refractivity contribution is 0.447. The van der Waals surface area contributed by atoms with E-state index in [4.69, 9.17) is 4.74 Å². The van der Waals surface area contributed by atoms with Crippen molar-refractivity contribution < 1.29 is 9.13 Å². The molecule has 2 heterocycles. The Bertz CT molecular complexity index is 505. The Kier molecular flexibility index (Phi) is 4.20. The summed E-state index contributed by atoms with van der Waals surface area (Å²) in [4.78, 5) is 7.91. The summed E-state index contributed by atoms with van der Waals surface area (Å²) in [6, 6.07) is 4.96. The van der Waals surface area contributed by atoms with Crippen LogP contribution >= 0.6 is 0 Å². The van der Waals surface area contributed by atoms with E-state index in [1.165, 1.54) is 6.07 Å². The number of ether oxygens (including phenoxy) is 1.